The van der Waals surface area contributed by atoms with Crippen LogP contribution in [-0.2, 0) is 29.0 Å². The fraction of sp³-hybridized carbons (Fsp3) is 0.458. The molecule has 0 unspecified atom stereocenters. The van der Waals surface area contributed by atoms with Crippen molar-refractivity contribution >= 4 is 5.91 Å². The van der Waals surface area contributed by atoms with Gasteiger partial charge < -0.3 is 14.4 Å². The Morgan fingerprint density at radius 1 is 0.931 bits per heavy atom. The molecule has 1 saturated heterocycles. The summed E-state index contributed by atoms with van der Waals surface area (Å²) in [5.74, 6) is 1.13. The molecule has 1 amide bonds. The van der Waals surface area contributed by atoms with Gasteiger partial charge in [0.2, 0.25) is 5.91 Å². The molecule has 0 aliphatic carbocycles. The van der Waals surface area contributed by atoms with Crippen LogP contribution in [0.15, 0.2) is 48.5 Å². The third-order valence-electron chi connectivity index (χ3n) is 5.67. The second-order valence-electron chi connectivity index (χ2n) is 7.83. The molecule has 2 aromatic carbocycles. The zero-order valence-electron chi connectivity index (χ0n) is 17.0. The lowest BCUT2D eigenvalue weighted by atomic mass is 10.1. The molecule has 0 radical (unpaired) electrons. The topological polar surface area (TPSA) is 42.0 Å². The summed E-state index contributed by atoms with van der Waals surface area (Å²) in [4.78, 5) is 17.2. The first-order chi connectivity index (χ1) is 14.3. The van der Waals surface area contributed by atoms with Gasteiger partial charge in [0.05, 0.1) is 19.8 Å². The van der Waals surface area contributed by atoms with Gasteiger partial charge in [-0.25, -0.2) is 0 Å². The summed E-state index contributed by atoms with van der Waals surface area (Å²) >= 11 is 0. The van der Waals surface area contributed by atoms with Crippen molar-refractivity contribution in [3.8, 4) is 5.75 Å². The summed E-state index contributed by atoms with van der Waals surface area (Å²) < 4.78 is 11.4. The van der Waals surface area contributed by atoms with E-state index in [1.165, 1.54) is 11.1 Å². The van der Waals surface area contributed by atoms with E-state index in [4.69, 9.17) is 9.47 Å². The van der Waals surface area contributed by atoms with E-state index in [9.17, 15) is 4.79 Å². The maximum absolute atomic E-state index is 12.8. The van der Waals surface area contributed by atoms with Crippen LogP contribution in [0.2, 0.25) is 0 Å². The third kappa shape index (κ3) is 5.58. The van der Waals surface area contributed by atoms with E-state index >= 15 is 0 Å². The maximum atomic E-state index is 12.8. The quantitative estimate of drug-likeness (QED) is 0.754. The minimum Gasteiger partial charge on any atom is -0.491 e. The molecule has 154 valence electrons. The first-order valence-corrected chi connectivity index (χ1v) is 10.6. The number of carbonyl (C=O) groups is 1. The van der Waals surface area contributed by atoms with Crippen molar-refractivity contribution in [2.24, 2.45) is 0 Å². The van der Waals surface area contributed by atoms with Crippen LogP contribution in [0, 0.1) is 0 Å². The summed E-state index contributed by atoms with van der Waals surface area (Å²) in [6, 6.07) is 16.8. The molecule has 2 aromatic rings. The van der Waals surface area contributed by atoms with Gasteiger partial charge in [0.15, 0.2) is 0 Å². The molecule has 2 heterocycles. The van der Waals surface area contributed by atoms with Crippen molar-refractivity contribution in [1.82, 2.24) is 9.80 Å². The lowest BCUT2D eigenvalue weighted by Crippen LogP contribution is -2.35. The van der Waals surface area contributed by atoms with Gasteiger partial charge in [-0.1, -0.05) is 36.4 Å². The number of carbonyl (C=O) groups excluding carboxylic acids is 1. The Morgan fingerprint density at radius 3 is 2.59 bits per heavy atom. The highest BCUT2D eigenvalue weighted by atomic mass is 16.5. The molecule has 2 aliphatic rings. The Balaban J connectivity index is 1.34. The molecular weight excluding hydrogens is 364 g/mol. The fourth-order valence-electron chi connectivity index (χ4n) is 4.02. The lowest BCUT2D eigenvalue weighted by Gasteiger charge is -2.27. The van der Waals surface area contributed by atoms with Gasteiger partial charge >= 0.3 is 0 Å². The van der Waals surface area contributed by atoms with Crippen molar-refractivity contribution < 1.29 is 14.3 Å². The van der Waals surface area contributed by atoms with Crippen molar-refractivity contribution in [3.63, 3.8) is 0 Å². The van der Waals surface area contributed by atoms with Crippen molar-refractivity contribution in [2.45, 2.75) is 32.4 Å². The first kappa shape index (κ1) is 19.9. The molecule has 0 bridgehead atoms. The number of aryl methyl sites for hydroxylation is 1. The largest absolute Gasteiger partial charge is 0.491 e. The molecule has 5 heteroatoms. The molecule has 0 spiro atoms. The number of hydrogen-bond acceptors (Lipinski definition) is 4. The zero-order valence-corrected chi connectivity index (χ0v) is 17.0. The zero-order chi connectivity index (χ0) is 19.9. The summed E-state index contributed by atoms with van der Waals surface area (Å²) in [5, 5.41) is 0. The number of nitrogens with zero attached hydrogens (tertiary/aromatic N) is 2. The van der Waals surface area contributed by atoms with E-state index in [1.807, 2.05) is 11.0 Å². The van der Waals surface area contributed by atoms with Crippen LogP contribution in [0.1, 0.15) is 29.5 Å². The normalized spacial score (nSPS) is 17.3. The Hall–Kier alpha value is -2.37. The number of rotatable bonds is 6. The second kappa shape index (κ2) is 9.90. The summed E-state index contributed by atoms with van der Waals surface area (Å²) in [6.07, 6.45) is 2.40. The number of fused-ring (bicyclic) bond motifs is 1. The SMILES string of the molecule is O=C(CCCc1ccccc1)N1CCOc2ccc(CN3CCOCC3)cc2C1. The van der Waals surface area contributed by atoms with E-state index < -0.39 is 0 Å². The van der Waals surface area contributed by atoms with Crippen molar-refractivity contribution in [1.29, 1.82) is 0 Å². The smallest absolute Gasteiger partial charge is 0.222 e. The summed E-state index contributed by atoms with van der Waals surface area (Å²) in [6.45, 7) is 6.31. The molecule has 0 N–H and O–H groups in total. The lowest BCUT2D eigenvalue weighted by molar-refractivity contribution is -0.132. The molecule has 0 aromatic heterocycles. The number of benzene rings is 2. The monoisotopic (exact) mass is 394 g/mol. The Bertz CT molecular complexity index is 803. The van der Waals surface area contributed by atoms with Gasteiger partial charge in [-0.05, 0) is 36.1 Å². The van der Waals surface area contributed by atoms with Crippen LogP contribution in [0.5, 0.6) is 5.75 Å². The average molecular weight is 395 g/mol. The van der Waals surface area contributed by atoms with Gasteiger partial charge in [0.1, 0.15) is 12.4 Å². The van der Waals surface area contributed by atoms with Crippen molar-refractivity contribution in [3.05, 3.63) is 65.2 Å². The minimum absolute atomic E-state index is 0.218. The predicted octanol–water partition coefficient (Wildman–Crippen LogP) is 3.26. The summed E-state index contributed by atoms with van der Waals surface area (Å²) in [5.41, 5.74) is 3.68. The van der Waals surface area contributed by atoms with Gasteiger partial charge in [0, 0.05) is 38.2 Å². The van der Waals surface area contributed by atoms with Gasteiger partial charge in [-0.15, -0.1) is 0 Å². The highest BCUT2D eigenvalue weighted by Crippen LogP contribution is 2.25. The van der Waals surface area contributed by atoms with Crippen LogP contribution in [0.3, 0.4) is 0 Å². The number of morpholine rings is 1. The molecule has 5 nitrogen and oxygen atoms in total. The van der Waals surface area contributed by atoms with E-state index in [-0.39, 0.29) is 5.91 Å². The van der Waals surface area contributed by atoms with Gasteiger partial charge in [-0.2, -0.15) is 0 Å². The second-order valence-corrected chi connectivity index (χ2v) is 7.83. The Labute approximate surface area is 173 Å². The third-order valence-corrected chi connectivity index (χ3v) is 5.67. The van der Waals surface area contributed by atoms with Crippen LogP contribution < -0.4 is 4.74 Å². The van der Waals surface area contributed by atoms with Gasteiger partial charge in [-0.3, -0.25) is 9.69 Å². The minimum atomic E-state index is 0.218. The fourth-order valence-corrected chi connectivity index (χ4v) is 4.02. The number of hydrogen-bond donors (Lipinski definition) is 0. The van der Waals surface area contributed by atoms with E-state index in [0.717, 1.165) is 57.0 Å². The standard InChI is InChI=1S/C24H30N2O3/c27-24(8-4-7-20-5-2-1-3-6-20)26-13-16-29-23-10-9-21(17-22(23)19-26)18-25-11-14-28-15-12-25/h1-3,5-6,9-10,17H,4,7-8,11-16,18-19H2. The highest BCUT2D eigenvalue weighted by Gasteiger charge is 2.20. The van der Waals surface area contributed by atoms with Crippen LogP contribution in [0.25, 0.3) is 0 Å². The molecule has 0 atom stereocenters. The van der Waals surface area contributed by atoms with E-state index in [2.05, 4.69) is 47.4 Å². The predicted molar refractivity (Wildman–Crippen MR) is 113 cm³/mol. The summed E-state index contributed by atoms with van der Waals surface area (Å²) in [7, 11) is 0. The van der Waals surface area contributed by atoms with Crippen molar-refractivity contribution in [2.75, 3.05) is 39.5 Å². The first-order valence-electron chi connectivity index (χ1n) is 10.6. The highest BCUT2D eigenvalue weighted by molar-refractivity contribution is 5.76. The van der Waals surface area contributed by atoms with E-state index in [1.54, 1.807) is 0 Å². The molecule has 29 heavy (non-hydrogen) atoms. The average Bonchev–Trinajstić information content (AvgIpc) is 2.97. The van der Waals surface area contributed by atoms with Crippen LogP contribution in [-0.4, -0.2) is 55.2 Å². The molecule has 2 aliphatic heterocycles. The Morgan fingerprint density at radius 2 is 1.76 bits per heavy atom. The molecule has 1 fully saturated rings. The maximum Gasteiger partial charge on any atom is 0.222 e. The number of amides is 1. The van der Waals surface area contributed by atoms with Gasteiger partial charge in [0.25, 0.3) is 0 Å². The van der Waals surface area contributed by atoms with Crippen LogP contribution in [0.4, 0.5) is 0 Å². The molecule has 4 rings (SSSR count). The molecule has 0 saturated carbocycles. The van der Waals surface area contributed by atoms with E-state index in [0.29, 0.717) is 26.1 Å². The van der Waals surface area contributed by atoms with Crippen LogP contribution >= 0.6 is 0 Å². The molecular formula is C24H30N2O3. The number of ether oxygens (including phenoxy) is 2. The Kier molecular flexibility index (Phi) is 6.80.